The number of likely N-dealkylation sites (N-methyl/N-ethyl adjacent to an activating group) is 1. The predicted molar refractivity (Wildman–Crippen MR) is 72.5 cm³/mol. The van der Waals surface area contributed by atoms with Gasteiger partial charge in [0.2, 0.25) is 5.82 Å². The van der Waals surface area contributed by atoms with Crippen LogP contribution in [0.2, 0.25) is 0 Å². The standard InChI is InChI=1S/C12H13N3O2.ClH/c1-13-5-4-8-2-3-9-10-11(8)16-7-6-14-12(10)15-17-9;/h2-3,6,13H,4-5,7H2,1H3;1H. The second kappa shape index (κ2) is 5.37. The van der Waals surface area contributed by atoms with Crippen LogP contribution in [0.3, 0.4) is 0 Å². The molecule has 2 heterocycles. The molecule has 6 heteroatoms. The molecule has 5 nitrogen and oxygen atoms in total. The summed E-state index contributed by atoms with van der Waals surface area (Å²) in [6.07, 6.45) is 2.62. The van der Waals surface area contributed by atoms with Gasteiger partial charge in [0.05, 0.1) is 0 Å². The highest BCUT2D eigenvalue weighted by Gasteiger charge is 2.18. The van der Waals surface area contributed by atoms with Gasteiger partial charge in [-0.15, -0.1) is 12.4 Å². The largest absolute Gasteiger partial charge is 0.487 e. The van der Waals surface area contributed by atoms with Crippen LogP contribution >= 0.6 is 12.4 Å². The van der Waals surface area contributed by atoms with E-state index >= 15 is 0 Å². The molecule has 0 amide bonds. The average Bonchev–Trinajstić information content (AvgIpc) is 2.63. The van der Waals surface area contributed by atoms with Gasteiger partial charge in [-0.1, -0.05) is 11.2 Å². The van der Waals surface area contributed by atoms with Gasteiger partial charge < -0.3 is 14.6 Å². The molecule has 1 aliphatic rings. The number of aromatic nitrogens is 1. The number of aliphatic imine (C=N–C) groups is 1. The lowest BCUT2D eigenvalue weighted by atomic mass is 10.1. The summed E-state index contributed by atoms with van der Waals surface area (Å²) < 4.78 is 10.9. The Bertz CT molecular complexity index is 580. The maximum absolute atomic E-state index is 5.73. The summed E-state index contributed by atoms with van der Waals surface area (Å²) >= 11 is 0. The maximum Gasteiger partial charge on any atom is 0.206 e. The minimum absolute atomic E-state index is 0. The first-order chi connectivity index (χ1) is 8.40. The van der Waals surface area contributed by atoms with E-state index in [0.717, 1.165) is 35.2 Å². The van der Waals surface area contributed by atoms with Crippen molar-refractivity contribution in [1.29, 1.82) is 0 Å². The van der Waals surface area contributed by atoms with Crippen molar-refractivity contribution in [2.45, 2.75) is 6.42 Å². The van der Waals surface area contributed by atoms with E-state index in [1.165, 1.54) is 0 Å². The lowest BCUT2D eigenvalue weighted by Crippen LogP contribution is -2.11. The van der Waals surface area contributed by atoms with Crippen LogP contribution < -0.4 is 10.1 Å². The van der Waals surface area contributed by atoms with Gasteiger partial charge >= 0.3 is 0 Å². The fraction of sp³-hybridized carbons (Fsp3) is 0.333. The van der Waals surface area contributed by atoms with Crippen LogP contribution in [0.25, 0.3) is 11.0 Å². The first-order valence-corrected chi connectivity index (χ1v) is 5.61. The van der Waals surface area contributed by atoms with E-state index in [0.29, 0.717) is 12.4 Å². The van der Waals surface area contributed by atoms with E-state index in [-0.39, 0.29) is 12.4 Å². The lowest BCUT2D eigenvalue weighted by molar-refractivity contribution is 0.381. The lowest BCUT2D eigenvalue weighted by Gasteiger charge is -2.09. The molecular weight excluding hydrogens is 254 g/mol. The van der Waals surface area contributed by atoms with E-state index in [1.54, 1.807) is 6.21 Å². The number of ether oxygens (including phenoxy) is 1. The highest BCUT2D eigenvalue weighted by Crippen LogP contribution is 2.37. The van der Waals surface area contributed by atoms with Crippen molar-refractivity contribution in [2.75, 3.05) is 20.2 Å². The van der Waals surface area contributed by atoms with Gasteiger partial charge in [0.25, 0.3) is 0 Å². The van der Waals surface area contributed by atoms with Crippen molar-refractivity contribution in [3.63, 3.8) is 0 Å². The van der Waals surface area contributed by atoms with E-state index in [1.807, 2.05) is 19.2 Å². The fourth-order valence-corrected chi connectivity index (χ4v) is 1.99. The van der Waals surface area contributed by atoms with Gasteiger partial charge in [-0.05, 0) is 31.6 Å². The zero-order valence-corrected chi connectivity index (χ0v) is 10.8. The van der Waals surface area contributed by atoms with Gasteiger partial charge in [0.15, 0.2) is 5.58 Å². The molecule has 0 saturated heterocycles. The Hall–Kier alpha value is -1.59. The van der Waals surface area contributed by atoms with Crippen molar-refractivity contribution in [2.24, 2.45) is 4.99 Å². The molecular formula is C12H14ClN3O2. The smallest absolute Gasteiger partial charge is 0.206 e. The van der Waals surface area contributed by atoms with Crippen LogP contribution in [0.15, 0.2) is 21.6 Å². The van der Waals surface area contributed by atoms with E-state index in [4.69, 9.17) is 9.26 Å². The van der Waals surface area contributed by atoms with Crippen LogP contribution in [-0.4, -0.2) is 31.6 Å². The molecule has 0 bridgehead atoms. The number of rotatable bonds is 3. The first kappa shape index (κ1) is 12.9. The number of halogens is 1. The first-order valence-electron chi connectivity index (χ1n) is 5.61. The molecule has 0 unspecified atom stereocenters. The Balaban J connectivity index is 0.00000120. The molecule has 0 atom stereocenters. The molecule has 1 aromatic carbocycles. The number of benzene rings is 1. The summed E-state index contributed by atoms with van der Waals surface area (Å²) in [5, 5.41) is 7.95. The van der Waals surface area contributed by atoms with Crippen molar-refractivity contribution in [3.05, 3.63) is 17.7 Å². The second-order valence-electron chi connectivity index (χ2n) is 3.91. The average molecular weight is 268 g/mol. The zero-order chi connectivity index (χ0) is 11.7. The summed E-state index contributed by atoms with van der Waals surface area (Å²) in [7, 11) is 1.94. The minimum Gasteiger partial charge on any atom is -0.487 e. The van der Waals surface area contributed by atoms with Gasteiger partial charge in [-0.3, -0.25) is 0 Å². The predicted octanol–water partition coefficient (Wildman–Crippen LogP) is 2.11. The molecule has 0 fully saturated rings. The Morgan fingerprint density at radius 2 is 2.28 bits per heavy atom. The molecule has 0 saturated carbocycles. The highest BCUT2D eigenvalue weighted by atomic mass is 35.5. The van der Waals surface area contributed by atoms with Crippen LogP contribution in [-0.2, 0) is 6.42 Å². The van der Waals surface area contributed by atoms with Gasteiger partial charge in [0.1, 0.15) is 17.7 Å². The van der Waals surface area contributed by atoms with Crippen LogP contribution in [0.5, 0.6) is 5.75 Å². The SMILES string of the molecule is CNCCc1ccc2onc3c2c1OCC=N3.Cl. The Morgan fingerprint density at radius 3 is 3.11 bits per heavy atom. The van der Waals surface area contributed by atoms with Crippen molar-refractivity contribution in [1.82, 2.24) is 10.5 Å². The Labute approximate surface area is 111 Å². The molecule has 1 N–H and O–H groups in total. The Morgan fingerprint density at radius 1 is 1.39 bits per heavy atom. The van der Waals surface area contributed by atoms with E-state index in [9.17, 15) is 0 Å². The molecule has 3 rings (SSSR count). The maximum atomic E-state index is 5.73. The van der Waals surface area contributed by atoms with Crippen LogP contribution in [0.1, 0.15) is 5.56 Å². The van der Waals surface area contributed by atoms with Gasteiger partial charge in [-0.2, -0.15) is 0 Å². The summed E-state index contributed by atoms with van der Waals surface area (Å²) in [5.41, 5.74) is 1.88. The topological polar surface area (TPSA) is 59.7 Å². The number of hydrogen-bond donors (Lipinski definition) is 1. The second-order valence-corrected chi connectivity index (χ2v) is 3.91. The zero-order valence-electron chi connectivity index (χ0n) is 9.97. The van der Waals surface area contributed by atoms with Gasteiger partial charge in [-0.25, -0.2) is 4.99 Å². The van der Waals surface area contributed by atoms with Gasteiger partial charge in [0, 0.05) is 6.21 Å². The normalized spacial score (nSPS) is 12.9. The van der Waals surface area contributed by atoms with Crippen molar-refractivity contribution < 1.29 is 9.26 Å². The third-order valence-corrected chi connectivity index (χ3v) is 2.82. The number of nitrogens with zero attached hydrogens (tertiary/aromatic N) is 2. The molecule has 0 radical (unpaired) electrons. The Kier molecular flexibility index (Phi) is 3.84. The van der Waals surface area contributed by atoms with E-state index < -0.39 is 0 Å². The monoisotopic (exact) mass is 267 g/mol. The third kappa shape index (κ3) is 2.07. The molecule has 1 aliphatic heterocycles. The minimum atomic E-state index is 0. The van der Waals surface area contributed by atoms with E-state index in [2.05, 4.69) is 15.5 Å². The molecule has 0 aliphatic carbocycles. The van der Waals surface area contributed by atoms with Crippen LogP contribution in [0.4, 0.5) is 5.82 Å². The highest BCUT2D eigenvalue weighted by molar-refractivity contribution is 5.95. The molecule has 96 valence electrons. The van der Waals surface area contributed by atoms with Crippen molar-refractivity contribution in [3.8, 4) is 5.75 Å². The van der Waals surface area contributed by atoms with Crippen molar-refractivity contribution >= 4 is 35.4 Å². The summed E-state index contributed by atoms with van der Waals surface area (Å²) in [4.78, 5) is 4.22. The molecule has 1 aromatic heterocycles. The number of nitrogens with one attached hydrogen (secondary N) is 1. The third-order valence-electron chi connectivity index (χ3n) is 2.82. The quantitative estimate of drug-likeness (QED) is 0.925. The summed E-state index contributed by atoms with van der Waals surface area (Å²) in [6.45, 7) is 1.38. The molecule has 18 heavy (non-hydrogen) atoms. The number of hydrogen-bond acceptors (Lipinski definition) is 5. The fourth-order valence-electron chi connectivity index (χ4n) is 1.99. The van der Waals surface area contributed by atoms with Crippen LogP contribution in [0, 0.1) is 0 Å². The summed E-state index contributed by atoms with van der Waals surface area (Å²) in [6, 6.07) is 3.94. The molecule has 0 spiro atoms. The molecule has 2 aromatic rings. The summed E-state index contributed by atoms with van der Waals surface area (Å²) in [5.74, 6) is 1.46.